The molecule has 1 aliphatic heterocycles. The Kier molecular flexibility index (Phi) is 9.48. The van der Waals surface area contributed by atoms with Crippen molar-refractivity contribution < 1.29 is 38.4 Å². The average Bonchev–Trinajstić information content (AvgIpc) is 2.72. The molecule has 1 amide bonds. The lowest BCUT2D eigenvalue weighted by atomic mass is 9.96. The highest BCUT2D eigenvalue weighted by Crippen LogP contribution is 2.26. The molecule has 9 heteroatoms. The summed E-state index contributed by atoms with van der Waals surface area (Å²) in [6.45, 7) is 4.52. The van der Waals surface area contributed by atoms with Gasteiger partial charge in [0.1, 0.15) is 18.8 Å². The van der Waals surface area contributed by atoms with Crippen LogP contribution in [-0.2, 0) is 35.1 Å². The molecule has 31 heavy (non-hydrogen) atoms. The summed E-state index contributed by atoms with van der Waals surface area (Å²) in [4.78, 5) is 37.1. The predicted molar refractivity (Wildman–Crippen MR) is 110 cm³/mol. The summed E-state index contributed by atoms with van der Waals surface area (Å²) >= 11 is 0. The monoisotopic (exact) mass is 435 g/mol. The molecule has 0 aliphatic carbocycles. The minimum Gasteiger partial charge on any atom is -0.466 e. The van der Waals surface area contributed by atoms with E-state index in [0.717, 1.165) is 5.56 Å². The van der Waals surface area contributed by atoms with Crippen LogP contribution in [0.3, 0.4) is 0 Å². The zero-order chi connectivity index (χ0) is 22.8. The molecule has 0 fully saturated rings. The highest BCUT2D eigenvalue weighted by Gasteiger charge is 2.44. The fraction of sp³-hybridized carbons (Fsp3) is 0.500. The van der Waals surface area contributed by atoms with Gasteiger partial charge in [-0.25, -0.2) is 4.79 Å². The number of aliphatic hydroxyl groups excluding tert-OH is 1. The van der Waals surface area contributed by atoms with E-state index < -0.39 is 42.5 Å². The van der Waals surface area contributed by atoms with Crippen LogP contribution in [0.15, 0.2) is 42.5 Å². The van der Waals surface area contributed by atoms with Crippen molar-refractivity contribution in [1.29, 1.82) is 0 Å². The number of carbonyl (C=O) groups excluding carboxylic acids is 3. The van der Waals surface area contributed by atoms with E-state index in [4.69, 9.17) is 18.9 Å². The Morgan fingerprint density at radius 1 is 1.06 bits per heavy atom. The fourth-order valence-corrected chi connectivity index (χ4v) is 3.31. The molecule has 1 unspecified atom stereocenters. The highest BCUT2D eigenvalue weighted by molar-refractivity contribution is 5.70. The molecule has 0 saturated carbocycles. The van der Waals surface area contributed by atoms with Crippen LogP contribution < -0.4 is 0 Å². The van der Waals surface area contributed by atoms with Gasteiger partial charge >= 0.3 is 18.0 Å². The maximum absolute atomic E-state index is 13.0. The van der Waals surface area contributed by atoms with Crippen molar-refractivity contribution >= 4 is 18.0 Å². The maximum atomic E-state index is 13.0. The number of hydrogen-bond acceptors (Lipinski definition) is 8. The molecule has 0 saturated heterocycles. The van der Waals surface area contributed by atoms with E-state index in [1.165, 1.54) is 24.8 Å². The molecule has 1 N–H and O–H groups in total. The Hall–Kier alpha value is -2.91. The van der Waals surface area contributed by atoms with Crippen molar-refractivity contribution in [3.8, 4) is 0 Å². The van der Waals surface area contributed by atoms with Crippen LogP contribution in [0, 0.1) is 0 Å². The van der Waals surface area contributed by atoms with Crippen LogP contribution in [0.4, 0.5) is 4.79 Å². The summed E-state index contributed by atoms with van der Waals surface area (Å²) in [5.74, 6) is -1.09. The molecule has 0 radical (unpaired) electrons. The molecule has 0 spiro atoms. The number of benzene rings is 1. The molecule has 1 aromatic carbocycles. The maximum Gasteiger partial charge on any atom is 0.412 e. The van der Waals surface area contributed by atoms with Crippen LogP contribution in [0.1, 0.15) is 32.8 Å². The average molecular weight is 435 g/mol. The Balaban J connectivity index is 2.26. The van der Waals surface area contributed by atoms with Gasteiger partial charge in [-0.1, -0.05) is 36.4 Å². The summed E-state index contributed by atoms with van der Waals surface area (Å²) in [6, 6.07) is 8.14. The van der Waals surface area contributed by atoms with E-state index >= 15 is 0 Å². The summed E-state index contributed by atoms with van der Waals surface area (Å²) < 4.78 is 21.4. The van der Waals surface area contributed by atoms with E-state index in [0.29, 0.717) is 6.61 Å². The van der Waals surface area contributed by atoms with Crippen molar-refractivity contribution in [3.63, 3.8) is 0 Å². The Labute approximate surface area is 181 Å². The predicted octanol–water partition coefficient (Wildman–Crippen LogP) is 2.17. The van der Waals surface area contributed by atoms with Crippen LogP contribution in [0.5, 0.6) is 0 Å². The fourth-order valence-electron chi connectivity index (χ4n) is 3.31. The van der Waals surface area contributed by atoms with Crippen LogP contribution in [-0.4, -0.2) is 65.7 Å². The largest absolute Gasteiger partial charge is 0.466 e. The van der Waals surface area contributed by atoms with Gasteiger partial charge in [-0.05, 0) is 18.6 Å². The minimum atomic E-state index is -1.15. The molecule has 9 nitrogen and oxygen atoms in total. The van der Waals surface area contributed by atoms with Gasteiger partial charge in [-0.15, -0.1) is 0 Å². The number of ether oxygens (including phenoxy) is 4. The molecule has 1 aromatic rings. The first-order valence-electron chi connectivity index (χ1n) is 10.1. The third-order valence-corrected chi connectivity index (χ3v) is 4.58. The molecule has 4 atom stereocenters. The second kappa shape index (κ2) is 12.1. The molecular formula is C22H29NO8. The second-order valence-corrected chi connectivity index (χ2v) is 6.94. The number of rotatable bonds is 9. The van der Waals surface area contributed by atoms with Gasteiger partial charge < -0.3 is 24.1 Å². The number of aliphatic hydroxyl groups is 1. The normalized spacial score (nSPS) is 21.3. The van der Waals surface area contributed by atoms with Gasteiger partial charge in [0.2, 0.25) is 0 Å². The zero-order valence-electron chi connectivity index (χ0n) is 17.9. The third kappa shape index (κ3) is 7.37. The summed E-state index contributed by atoms with van der Waals surface area (Å²) in [7, 11) is 0. The van der Waals surface area contributed by atoms with E-state index in [1.807, 2.05) is 30.3 Å². The SMILES string of the molecule is CCOC1C=C[C@@H](O)[C@@H]([C@H](CCOC(C)=O)OC(C)=O)N1C(=O)OCc1ccccc1. The number of nitrogens with zero attached hydrogens (tertiary/aromatic N) is 1. The standard InChI is InChI=1S/C22H29NO8/c1-4-28-20-11-10-18(26)21(19(31-16(3)25)12-13-29-15(2)24)23(20)22(27)30-14-17-8-6-5-7-9-17/h5-11,18-21,26H,4,12-14H2,1-3H3/t18-,19+,20?,21+/m1/s1. The first-order valence-corrected chi connectivity index (χ1v) is 10.1. The van der Waals surface area contributed by atoms with Gasteiger partial charge in [0.15, 0.2) is 6.23 Å². The lowest BCUT2D eigenvalue weighted by Gasteiger charge is -2.43. The Morgan fingerprint density at radius 3 is 2.39 bits per heavy atom. The summed E-state index contributed by atoms with van der Waals surface area (Å²) in [6.07, 6.45) is -0.559. The van der Waals surface area contributed by atoms with Gasteiger partial charge in [-0.2, -0.15) is 0 Å². The van der Waals surface area contributed by atoms with Crippen molar-refractivity contribution in [2.45, 2.75) is 58.3 Å². The molecular weight excluding hydrogens is 406 g/mol. The topological polar surface area (TPSA) is 112 Å². The minimum absolute atomic E-state index is 0.0211. The van der Waals surface area contributed by atoms with Gasteiger partial charge in [0.05, 0.1) is 12.7 Å². The molecule has 0 bridgehead atoms. The van der Waals surface area contributed by atoms with Crippen molar-refractivity contribution in [1.82, 2.24) is 4.90 Å². The second-order valence-electron chi connectivity index (χ2n) is 6.94. The third-order valence-electron chi connectivity index (χ3n) is 4.58. The lowest BCUT2D eigenvalue weighted by molar-refractivity contribution is -0.160. The number of amides is 1. The first-order chi connectivity index (χ1) is 14.8. The summed E-state index contributed by atoms with van der Waals surface area (Å²) in [5, 5.41) is 10.7. The van der Waals surface area contributed by atoms with Gasteiger partial charge in [0, 0.05) is 26.9 Å². The molecule has 2 rings (SSSR count). The van der Waals surface area contributed by atoms with E-state index in [-0.39, 0.29) is 19.6 Å². The van der Waals surface area contributed by atoms with Crippen molar-refractivity contribution in [3.05, 3.63) is 48.0 Å². The van der Waals surface area contributed by atoms with E-state index in [2.05, 4.69) is 0 Å². The zero-order valence-corrected chi connectivity index (χ0v) is 17.9. The van der Waals surface area contributed by atoms with Crippen molar-refractivity contribution in [2.75, 3.05) is 13.2 Å². The Bertz CT molecular complexity index is 766. The molecule has 0 aromatic heterocycles. The van der Waals surface area contributed by atoms with E-state index in [1.54, 1.807) is 13.0 Å². The first kappa shape index (κ1) is 24.4. The highest BCUT2D eigenvalue weighted by atomic mass is 16.6. The molecule has 1 aliphatic rings. The lowest BCUT2D eigenvalue weighted by Crippen LogP contribution is -2.60. The molecule has 170 valence electrons. The van der Waals surface area contributed by atoms with E-state index in [9.17, 15) is 19.5 Å². The van der Waals surface area contributed by atoms with Crippen LogP contribution in [0.2, 0.25) is 0 Å². The Morgan fingerprint density at radius 2 is 1.77 bits per heavy atom. The van der Waals surface area contributed by atoms with Gasteiger partial charge in [0.25, 0.3) is 0 Å². The smallest absolute Gasteiger partial charge is 0.412 e. The van der Waals surface area contributed by atoms with Crippen LogP contribution in [0.25, 0.3) is 0 Å². The van der Waals surface area contributed by atoms with Crippen LogP contribution >= 0.6 is 0 Å². The van der Waals surface area contributed by atoms with Gasteiger partial charge in [-0.3, -0.25) is 14.5 Å². The number of carbonyl (C=O) groups is 3. The molecule has 1 heterocycles. The van der Waals surface area contributed by atoms with Crippen molar-refractivity contribution in [2.24, 2.45) is 0 Å². The number of esters is 2. The summed E-state index contributed by atoms with van der Waals surface area (Å²) in [5.41, 5.74) is 0.792. The quantitative estimate of drug-likeness (QED) is 0.357. The number of hydrogen-bond donors (Lipinski definition) is 1.